The first kappa shape index (κ1) is 29.4. The smallest absolute Gasteiger partial charge is 0.822 e. The van der Waals surface area contributed by atoms with Crippen molar-refractivity contribution in [2.75, 3.05) is 0 Å². The standard InChI is InChI=1S/BH3O3.3Na.H3O4P/c2-1(3)4;;;;1-5(2,3)4/h2-4H;;;;(H3,1,2,3,4)/q;3*+1;/p-3. The zero-order chi connectivity index (χ0) is 8.08. The van der Waals surface area contributed by atoms with Crippen molar-refractivity contribution in [2.24, 2.45) is 0 Å². The summed E-state index contributed by atoms with van der Waals surface area (Å²) in [6, 6.07) is 0. The number of phosphoric acid groups is 1. The van der Waals surface area contributed by atoms with E-state index in [0.29, 0.717) is 0 Å². The van der Waals surface area contributed by atoms with E-state index in [1.54, 1.807) is 0 Å². The molecule has 3 N–H and O–H groups in total. The van der Waals surface area contributed by atoms with Crippen LogP contribution in [0.15, 0.2) is 0 Å². The molecule has 0 atom stereocenters. The second-order valence-electron chi connectivity index (χ2n) is 0.794. The van der Waals surface area contributed by atoms with Crippen molar-refractivity contribution in [1.82, 2.24) is 0 Å². The van der Waals surface area contributed by atoms with Gasteiger partial charge in [0.1, 0.15) is 0 Å². The second kappa shape index (κ2) is 16.5. The summed E-state index contributed by atoms with van der Waals surface area (Å²) in [5.41, 5.74) is 0. The topological polar surface area (TPSA) is 147 Å². The molecule has 0 heterocycles. The molecule has 0 aromatic carbocycles. The fourth-order valence-electron chi connectivity index (χ4n) is 0. The van der Waals surface area contributed by atoms with Crippen molar-refractivity contribution in [3.8, 4) is 0 Å². The first-order valence-corrected chi connectivity index (χ1v) is 2.97. The zero-order valence-corrected chi connectivity index (χ0v) is 13.9. The predicted molar refractivity (Wildman–Crippen MR) is 20.0 cm³/mol. The average molecular weight is 226 g/mol. The Morgan fingerprint density at radius 3 is 0.917 bits per heavy atom. The van der Waals surface area contributed by atoms with Crippen molar-refractivity contribution in [2.45, 2.75) is 0 Å². The summed E-state index contributed by atoms with van der Waals surface area (Å²) in [7, 11) is -7.56. The summed E-state index contributed by atoms with van der Waals surface area (Å²) >= 11 is 0. The van der Waals surface area contributed by atoms with Crippen LogP contribution in [0.5, 0.6) is 0 Å². The van der Waals surface area contributed by atoms with Gasteiger partial charge in [-0.1, -0.05) is 0 Å². The van der Waals surface area contributed by atoms with Crippen LogP contribution < -0.4 is 103 Å². The van der Waals surface area contributed by atoms with Gasteiger partial charge in [0.15, 0.2) is 0 Å². The third-order valence-electron chi connectivity index (χ3n) is 0. The van der Waals surface area contributed by atoms with Gasteiger partial charge in [0, 0.05) is 0 Å². The van der Waals surface area contributed by atoms with Gasteiger partial charge in [0.05, 0.1) is 0 Å². The monoisotopic (exact) mass is 226 g/mol. The van der Waals surface area contributed by atoms with E-state index in [-0.39, 0.29) is 88.7 Å². The first-order chi connectivity index (χ1) is 3.73. The molecule has 0 aliphatic rings. The molecular weight excluding hydrogens is 223 g/mol. The summed E-state index contributed by atoms with van der Waals surface area (Å²) in [6.07, 6.45) is 0. The van der Waals surface area contributed by atoms with E-state index in [2.05, 4.69) is 0 Å². The van der Waals surface area contributed by atoms with Crippen LogP contribution in [0.2, 0.25) is 0 Å². The van der Waals surface area contributed by atoms with Crippen LogP contribution in [0.25, 0.3) is 0 Å². The van der Waals surface area contributed by atoms with Crippen LogP contribution in [-0.4, -0.2) is 22.4 Å². The van der Waals surface area contributed by atoms with E-state index in [9.17, 15) is 0 Å². The van der Waals surface area contributed by atoms with Gasteiger partial charge in [0.2, 0.25) is 0 Å². The van der Waals surface area contributed by atoms with E-state index in [0.717, 1.165) is 0 Å². The molecule has 12 heteroatoms. The second-order valence-corrected chi connectivity index (χ2v) is 1.69. The number of rotatable bonds is 0. The van der Waals surface area contributed by atoms with E-state index in [1.807, 2.05) is 0 Å². The molecule has 0 fully saturated rings. The summed E-state index contributed by atoms with van der Waals surface area (Å²) in [4.78, 5) is 25.6. The molecule has 12 heavy (non-hydrogen) atoms. The van der Waals surface area contributed by atoms with Crippen molar-refractivity contribution >= 4 is 15.1 Å². The Labute approximate surface area is 136 Å². The predicted octanol–water partition coefficient (Wildman–Crippen LogP) is -13.9. The molecule has 0 saturated heterocycles. The van der Waals surface area contributed by atoms with Gasteiger partial charge in [0.25, 0.3) is 0 Å². The SMILES string of the molecule is O=P([O-])([O-])[O-].OB(O)O.[Na+].[Na+].[Na+]. The van der Waals surface area contributed by atoms with Gasteiger partial charge in [-0.15, -0.1) is 0 Å². The molecule has 0 unspecified atom stereocenters. The van der Waals surface area contributed by atoms with Gasteiger partial charge in [-0.2, -0.15) is 7.82 Å². The molecule has 56 valence electrons. The fraction of sp³-hybridized carbons (Fsp3) is 0. The third-order valence-corrected chi connectivity index (χ3v) is 0. The largest absolute Gasteiger partial charge is 1.00 e. The normalized spacial score (nSPS) is 7.17. The molecule has 0 spiro atoms. The molecular formula is H3BNa3O7P. The molecule has 0 bridgehead atoms. The molecule has 0 radical (unpaired) electrons. The van der Waals surface area contributed by atoms with Crippen LogP contribution in [0.3, 0.4) is 0 Å². The molecule has 0 rings (SSSR count). The summed E-state index contributed by atoms with van der Waals surface area (Å²) in [6.45, 7) is 0. The van der Waals surface area contributed by atoms with Gasteiger partial charge in [-0.25, -0.2) is 0 Å². The third kappa shape index (κ3) is 203. The van der Waals surface area contributed by atoms with Crippen LogP contribution in [0.4, 0.5) is 0 Å². The van der Waals surface area contributed by atoms with Gasteiger partial charge < -0.3 is 34.3 Å². The Balaban J connectivity index is -0.0000000221. The Hall–Kier alpha value is 3.05. The quantitative estimate of drug-likeness (QED) is 0.274. The summed E-state index contributed by atoms with van der Waals surface area (Å²) in [5, 5.41) is 21.5. The van der Waals surface area contributed by atoms with Crippen LogP contribution in [-0.2, 0) is 4.57 Å². The Morgan fingerprint density at radius 1 is 0.917 bits per heavy atom. The Bertz CT molecular complexity index is 89.8. The minimum atomic E-state index is -5.39. The zero-order valence-electron chi connectivity index (χ0n) is 7.00. The molecule has 0 amide bonds. The van der Waals surface area contributed by atoms with E-state index >= 15 is 0 Å². The average Bonchev–Trinajstić information content (AvgIpc) is 1.19. The number of hydrogen-bond donors (Lipinski definition) is 3. The Kier molecular flexibility index (Phi) is 40.4. The van der Waals surface area contributed by atoms with Crippen molar-refractivity contribution < 1.29 is 123 Å². The van der Waals surface area contributed by atoms with Crippen molar-refractivity contribution in [1.29, 1.82) is 0 Å². The van der Waals surface area contributed by atoms with Crippen LogP contribution in [0.1, 0.15) is 0 Å². The van der Waals surface area contributed by atoms with Crippen LogP contribution in [0, 0.1) is 0 Å². The Morgan fingerprint density at radius 2 is 0.917 bits per heavy atom. The number of hydrogen-bond acceptors (Lipinski definition) is 7. The first-order valence-electron chi connectivity index (χ1n) is 1.50. The van der Waals surface area contributed by atoms with Gasteiger partial charge in [-0.05, 0) is 0 Å². The molecule has 0 aliphatic carbocycles. The van der Waals surface area contributed by atoms with Crippen molar-refractivity contribution in [3.05, 3.63) is 0 Å². The van der Waals surface area contributed by atoms with E-state index in [1.165, 1.54) is 0 Å². The molecule has 7 nitrogen and oxygen atoms in total. The van der Waals surface area contributed by atoms with E-state index < -0.39 is 15.1 Å². The van der Waals surface area contributed by atoms with E-state index in [4.69, 9.17) is 34.3 Å². The minimum absolute atomic E-state index is 0. The molecule has 0 aromatic rings. The van der Waals surface area contributed by atoms with Gasteiger partial charge in [-0.3, -0.25) is 0 Å². The molecule has 0 aliphatic heterocycles. The summed E-state index contributed by atoms with van der Waals surface area (Å²) < 4.78 is 8.55. The minimum Gasteiger partial charge on any atom is -0.822 e. The summed E-state index contributed by atoms with van der Waals surface area (Å²) in [5.74, 6) is 0. The van der Waals surface area contributed by atoms with Gasteiger partial charge >= 0.3 is 96.0 Å². The fourth-order valence-corrected chi connectivity index (χ4v) is 0. The maximum atomic E-state index is 8.55. The van der Waals surface area contributed by atoms with Crippen molar-refractivity contribution in [3.63, 3.8) is 0 Å². The molecule has 0 saturated carbocycles. The van der Waals surface area contributed by atoms with Crippen LogP contribution >= 0.6 is 7.82 Å². The molecule has 0 aromatic heterocycles. The maximum Gasteiger partial charge on any atom is 1.00 e. The maximum absolute atomic E-state index is 8.55.